The Kier molecular flexibility index (Phi) is 5.46. The first-order valence-electron chi connectivity index (χ1n) is 11.3. The average Bonchev–Trinajstić information content (AvgIpc) is 3.35. The lowest BCUT2D eigenvalue weighted by atomic mass is 10.0. The van der Waals surface area contributed by atoms with Gasteiger partial charge < -0.3 is 4.98 Å². The zero-order valence-electron chi connectivity index (χ0n) is 18.5. The Bertz CT molecular complexity index is 1560. The fourth-order valence-electron chi connectivity index (χ4n) is 4.29. The summed E-state index contributed by atoms with van der Waals surface area (Å²) in [5.74, 6) is 0.881. The largest absolute Gasteiger partial charge is 0.337 e. The molecule has 1 aromatic heterocycles. The van der Waals surface area contributed by atoms with E-state index in [-0.39, 0.29) is 0 Å². The number of H-pyrrole nitrogens is 1. The average molecular weight is 455 g/mol. The molecule has 1 N–H and O–H groups in total. The fraction of sp³-hybridized carbons (Fsp3) is 0. The molecule has 0 atom stereocenters. The minimum Gasteiger partial charge on any atom is -0.337 e. The van der Waals surface area contributed by atoms with Gasteiger partial charge in [0.1, 0.15) is 5.82 Å². The van der Waals surface area contributed by atoms with Crippen molar-refractivity contribution in [3.63, 3.8) is 0 Å². The highest BCUT2D eigenvalue weighted by Crippen LogP contribution is 2.37. The van der Waals surface area contributed by atoms with Gasteiger partial charge in [-0.3, -0.25) is 0 Å². The number of aromatic nitrogens is 2. The molecule has 3 heteroatoms. The van der Waals surface area contributed by atoms with Crippen LogP contribution in [0.25, 0.3) is 44.7 Å². The molecule has 5 aromatic carbocycles. The third-order valence-electron chi connectivity index (χ3n) is 5.90. The number of aromatic amines is 1. The van der Waals surface area contributed by atoms with E-state index in [0.717, 1.165) is 33.9 Å². The molecule has 0 unspecified atom stereocenters. The van der Waals surface area contributed by atoms with Gasteiger partial charge in [0.25, 0.3) is 0 Å². The van der Waals surface area contributed by atoms with E-state index in [0.29, 0.717) is 0 Å². The Morgan fingerprint density at radius 1 is 0.559 bits per heavy atom. The summed E-state index contributed by atoms with van der Waals surface area (Å²) < 4.78 is 0. The topological polar surface area (TPSA) is 28.7 Å². The number of nitrogens with zero attached hydrogens (tertiary/aromatic N) is 1. The van der Waals surface area contributed by atoms with Crippen LogP contribution < -0.4 is 0 Å². The van der Waals surface area contributed by atoms with E-state index < -0.39 is 0 Å². The molecule has 34 heavy (non-hydrogen) atoms. The molecule has 162 valence electrons. The molecule has 0 aliphatic heterocycles. The van der Waals surface area contributed by atoms with Crippen molar-refractivity contribution in [3.05, 3.63) is 127 Å². The third kappa shape index (κ3) is 4.02. The van der Waals surface area contributed by atoms with Crippen LogP contribution in [0.15, 0.2) is 137 Å². The van der Waals surface area contributed by atoms with Crippen LogP contribution in [0.1, 0.15) is 0 Å². The number of nitrogens with one attached hydrogen (secondary N) is 1. The van der Waals surface area contributed by atoms with Crippen molar-refractivity contribution in [1.29, 1.82) is 0 Å². The smallest absolute Gasteiger partial charge is 0.139 e. The van der Waals surface area contributed by atoms with E-state index in [9.17, 15) is 0 Å². The SMILES string of the molecule is c1ccc(Sc2cccc(-c3nc(-c4cccc5ccccc45)[nH]c3-c3ccccc3)c2)cc1. The summed E-state index contributed by atoms with van der Waals surface area (Å²) in [7, 11) is 0. The van der Waals surface area contributed by atoms with Crippen LogP contribution in [0.4, 0.5) is 0 Å². The molecule has 6 rings (SSSR count). The summed E-state index contributed by atoms with van der Waals surface area (Å²) >= 11 is 1.77. The Balaban J connectivity index is 1.49. The summed E-state index contributed by atoms with van der Waals surface area (Å²) in [5.41, 5.74) is 5.33. The van der Waals surface area contributed by atoms with Gasteiger partial charge in [-0.05, 0) is 35.0 Å². The van der Waals surface area contributed by atoms with Crippen LogP contribution in [0, 0.1) is 0 Å². The Morgan fingerprint density at radius 2 is 1.21 bits per heavy atom. The number of imidazole rings is 1. The molecule has 0 aliphatic carbocycles. The molecule has 0 bridgehead atoms. The van der Waals surface area contributed by atoms with E-state index in [1.54, 1.807) is 11.8 Å². The lowest BCUT2D eigenvalue weighted by molar-refractivity contribution is 1.31. The van der Waals surface area contributed by atoms with Gasteiger partial charge in [-0.1, -0.05) is 115 Å². The van der Waals surface area contributed by atoms with Crippen LogP contribution in [0.5, 0.6) is 0 Å². The van der Waals surface area contributed by atoms with Gasteiger partial charge in [-0.25, -0.2) is 4.98 Å². The van der Waals surface area contributed by atoms with Gasteiger partial charge in [-0.2, -0.15) is 0 Å². The maximum absolute atomic E-state index is 5.16. The van der Waals surface area contributed by atoms with Crippen molar-refractivity contribution < 1.29 is 0 Å². The summed E-state index contributed by atoms with van der Waals surface area (Å²) in [6.45, 7) is 0. The summed E-state index contributed by atoms with van der Waals surface area (Å²) in [5, 5.41) is 2.40. The predicted molar refractivity (Wildman–Crippen MR) is 143 cm³/mol. The van der Waals surface area contributed by atoms with Crippen molar-refractivity contribution in [2.75, 3.05) is 0 Å². The molecule has 2 nitrogen and oxygen atoms in total. The van der Waals surface area contributed by atoms with Crippen molar-refractivity contribution >= 4 is 22.5 Å². The first-order valence-corrected chi connectivity index (χ1v) is 12.1. The molecule has 0 saturated carbocycles. The maximum atomic E-state index is 5.16. The highest BCUT2D eigenvalue weighted by Gasteiger charge is 2.17. The zero-order valence-corrected chi connectivity index (χ0v) is 19.3. The normalized spacial score (nSPS) is 11.1. The first kappa shape index (κ1) is 20.5. The minimum atomic E-state index is 0.881. The molecule has 0 saturated heterocycles. The van der Waals surface area contributed by atoms with Crippen molar-refractivity contribution in [2.45, 2.75) is 9.79 Å². The van der Waals surface area contributed by atoms with Gasteiger partial charge in [-0.15, -0.1) is 0 Å². The monoisotopic (exact) mass is 454 g/mol. The van der Waals surface area contributed by atoms with Crippen LogP contribution >= 0.6 is 11.8 Å². The highest BCUT2D eigenvalue weighted by molar-refractivity contribution is 7.99. The Labute approximate surface area is 203 Å². The van der Waals surface area contributed by atoms with E-state index in [2.05, 4.69) is 120 Å². The highest BCUT2D eigenvalue weighted by atomic mass is 32.2. The standard InChI is InChI=1S/C31H22N2S/c1-3-12-23(13-4-1)29-30(24-15-9-18-26(21-24)34-25-16-5-2-6-17-25)33-31(32-29)28-20-10-14-22-11-7-8-19-27(22)28/h1-21H,(H,32,33). The number of fused-ring (bicyclic) bond motifs is 1. The second-order valence-corrected chi connectivity index (χ2v) is 9.29. The number of benzene rings is 5. The molecule has 0 spiro atoms. The van der Waals surface area contributed by atoms with Crippen molar-refractivity contribution in [1.82, 2.24) is 9.97 Å². The van der Waals surface area contributed by atoms with Gasteiger partial charge in [0.05, 0.1) is 11.4 Å². The first-order chi connectivity index (χ1) is 16.8. The van der Waals surface area contributed by atoms with Crippen molar-refractivity contribution in [2.24, 2.45) is 0 Å². The van der Waals surface area contributed by atoms with Crippen molar-refractivity contribution in [3.8, 4) is 33.9 Å². The van der Waals surface area contributed by atoms with E-state index in [1.165, 1.54) is 20.6 Å². The van der Waals surface area contributed by atoms with Crippen LogP contribution in [0.3, 0.4) is 0 Å². The van der Waals surface area contributed by atoms with Gasteiger partial charge >= 0.3 is 0 Å². The molecule has 0 aliphatic rings. The zero-order chi connectivity index (χ0) is 22.7. The predicted octanol–water partition coefficient (Wildman–Crippen LogP) is 8.72. The van der Waals surface area contributed by atoms with Crippen LogP contribution in [-0.4, -0.2) is 9.97 Å². The second-order valence-electron chi connectivity index (χ2n) is 8.14. The maximum Gasteiger partial charge on any atom is 0.139 e. The van der Waals surface area contributed by atoms with Gasteiger partial charge in [0.2, 0.25) is 0 Å². The fourth-order valence-corrected chi connectivity index (χ4v) is 5.18. The summed E-state index contributed by atoms with van der Waals surface area (Å²) in [6, 6.07) is 44.4. The molecule has 0 fully saturated rings. The molecule has 0 amide bonds. The Hall–Kier alpha value is -4.08. The summed E-state index contributed by atoms with van der Waals surface area (Å²) in [4.78, 5) is 11.2. The molecule has 1 heterocycles. The van der Waals surface area contributed by atoms with E-state index in [1.807, 2.05) is 12.1 Å². The van der Waals surface area contributed by atoms with Crippen LogP contribution in [0.2, 0.25) is 0 Å². The minimum absolute atomic E-state index is 0.881. The van der Waals surface area contributed by atoms with Gasteiger partial charge in [0.15, 0.2) is 0 Å². The molecular weight excluding hydrogens is 432 g/mol. The summed E-state index contributed by atoms with van der Waals surface area (Å²) in [6.07, 6.45) is 0. The Morgan fingerprint density at radius 3 is 2.06 bits per heavy atom. The quantitative estimate of drug-likeness (QED) is 0.282. The number of hydrogen-bond donors (Lipinski definition) is 1. The molecule has 6 aromatic rings. The van der Waals surface area contributed by atoms with E-state index >= 15 is 0 Å². The number of hydrogen-bond acceptors (Lipinski definition) is 2. The lowest BCUT2D eigenvalue weighted by Crippen LogP contribution is -1.84. The van der Waals surface area contributed by atoms with Crippen LogP contribution in [-0.2, 0) is 0 Å². The molecular formula is C31H22N2S. The second kappa shape index (κ2) is 9.05. The lowest BCUT2D eigenvalue weighted by Gasteiger charge is -2.06. The van der Waals surface area contributed by atoms with E-state index in [4.69, 9.17) is 4.98 Å². The number of rotatable bonds is 5. The van der Waals surface area contributed by atoms with Gasteiger partial charge in [0, 0.05) is 26.5 Å². The molecule has 0 radical (unpaired) electrons. The third-order valence-corrected chi connectivity index (χ3v) is 6.89.